The van der Waals surface area contributed by atoms with Gasteiger partial charge in [-0.05, 0) is 35.1 Å². The maximum Gasteiger partial charge on any atom is 0.211 e. The van der Waals surface area contributed by atoms with Gasteiger partial charge in [0.15, 0.2) is 0 Å². The van der Waals surface area contributed by atoms with Gasteiger partial charge in [-0.3, -0.25) is 9.59 Å². The predicted octanol–water partition coefficient (Wildman–Crippen LogP) is 4.56. The lowest BCUT2D eigenvalue weighted by Crippen LogP contribution is -2.35. The monoisotopic (exact) mass is 410 g/mol. The second-order valence-electron chi connectivity index (χ2n) is 7.63. The molecule has 0 fully saturated rings. The highest BCUT2D eigenvalue weighted by Crippen LogP contribution is 2.24. The summed E-state index contributed by atoms with van der Waals surface area (Å²) < 4.78 is 0. The first kappa shape index (κ1) is 20.6. The molecular formula is C27H26N2O2. The Morgan fingerprint density at radius 3 is 1.71 bits per heavy atom. The van der Waals surface area contributed by atoms with Crippen molar-refractivity contribution in [3.05, 3.63) is 106 Å². The third-order valence-electron chi connectivity index (χ3n) is 5.74. The molecule has 4 nitrogen and oxygen atoms in total. The summed E-state index contributed by atoms with van der Waals surface area (Å²) in [6.45, 7) is 2.72. The molecule has 0 bridgehead atoms. The van der Waals surface area contributed by atoms with Gasteiger partial charge in [-0.15, -0.1) is 0 Å². The maximum atomic E-state index is 12.9. The number of carbonyl (C=O) groups is 2. The SMILES string of the molecule is CCc1ccc(-c2ccc(CCNC3=C(NC)C(=O)c4ccccc4C3=O)cc2)cc1. The van der Waals surface area contributed by atoms with Crippen LogP contribution in [0.3, 0.4) is 0 Å². The molecule has 2 N–H and O–H groups in total. The number of fused-ring (bicyclic) bond motifs is 1. The summed E-state index contributed by atoms with van der Waals surface area (Å²) in [4.78, 5) is 25.6. The summed E-state index contributed by atoms with van der Waals surface area (Å²) >= 11 is 0. The summed E-state index contributed by atoms with van der Waals surface area (Å²) in [7, 11) is 1.67. The zero-order chi connectivity index (χ0) is 21.8. The van der Waals surface area contributed by atoms with E-state index in [1.165, 1.54) is 22.3 Å². The topological polar surface area (TPSA) is 58.2 Å². The largest absolute Gasteiger partial charge is 0.383 e. The summed E-state index contributed by atoms with van der Waals surface area (Å²) in [5.74, 6) is -0.302. The van der Waals surface area contributed by atoms with Crippen molar-refractivity contribution in [2.24, 2.45) is 0 Å². The molecule has 0 saturated carbocycles. The molecule has 156 valence electrons. The van der Waals surface area contributed by atoms with Gasteiger partial charge in [0.05, 0.1) is 0 Å². The van der Waals surface area contributed by atoms with E-state index < -0.39 is 0 Å². The Hall–Kier alpha value is -3.66. The number of allylic oxidation sites excluding steroid dienone is 2. The van der Waals surface area contributed by atoms with Crippen molar-refractivity contribution in [3.63, 3.8) is 0 Å². The fraction of sp³-hybridized carbons (Fsp3) is 0.185. The van der Waals surface area contributed by atoms with Crippen LogP contribution in [0.4, 0.5) is 0 Å². The van der Waals surface area contributed by atoms with Crippen LogP contribution in [0, 0.1) is 0 Å². The van der Waals surface area contributed by atoms with Crippen molar-refractivity contribution < 1.29 is 9.59 Å². The molecule has 0 heterocycles. The van der Waals surface area contributed by atoms with Crippen molar-refractivity contribution in [1.82, 2.24) is 10.6 Å². The molecular weight excluding hydrogens is 384 g/mol. The molecule has 4 heteroatoms. The fourth-order valence-electron chi connectivity index (χ4n) is 3.91. The van der Waals surface area contributed by atoms with Crippen molar-refractivity contribution in [1.29, 1.82) is 0 Å². The second kappa shape index (κ2) is 9.00. The zero-order valence-corrected chi connectivity index (χ0v) is 17.9. The highest BCUT2D eigenvalue weighted by Gasteiger charge is 2.31. The number of hydrogen-bond acceptors (Lipinski definition) is 4. The van der Waals surface area contributed by atoms with Crippen LogP contribution in [0.15, 0.2) is 84.2 Å². The Bertz CT molecular complexity index is 1140. The number of aryl methyl sites for hydroxylation is 1. The Balaban J connectivity index is 1.44. The average Bonchev–Trinajstić information content (AvgIpc) is 2.83. The molecule has 0 amide bonds. The highest BCUT2D eigenvalue weighted by atomic mass is 16.1. The minimum Gasteiger partial charge on any atom is -0.383 e. The number of likely N-dealkylation sites (N-methyl/N-ethyl adjacent to an activating group) is 1. The van der Waals surface area contributed by atoms with E-state index in [1.807, 2.05) is 0 Å². The Morgan fingerprint density at radius 2 is 1.19 bits per heavy atom. The number of rotatable bonds is 7. The Kier molecular flexibility index (Phi) is 5.99. The molecule has 0 atom stereocenters. The lowest BCUT2D eigenvalue weighted by Gasteiger charge is -2.21. The smallest absolute Gasteiger partial charge is 0.211 e. The molecule has 1 aliphatic rings. The first-order chi connectivity index (χ1) is 15.1. The minimum atomic E-state index is -0.154. The molecule has 0 aliphatic heterocycles. The van der Waals surface area contributed by atoms with Gasteiger partial charge < -0.3 is 10.6 Å². The normalized spacial score (nSPS) is 13.2. The maximum absolute atomic E-state index is 12.9. The van der Waals surface area contributed by atoms with Crippen LogP contribution in [0.25, 0.3) is 11.1 Å². The molecule has 0 spiro atoms. The van der Waals surface area contributed by atoms with Gasteiger partial charge in [-0.1, -0.05) is 79.7 Å². The van der Waals surface area contributed by atoms with Crippen LogP contribution in [0.2, 0.25) is 0 Å². The summed E-state index contributed by atoms with van der Waals surface area (Å²) in [5, 5.41) is 6.10. The van der Waals surface area contributed by atoms with Crippen LogP contribution < -0.4 is 10.6 Å². The van der Waals surface area contributed by atoms with Crippen LogP contribution in [0.1, 0.15) is 38.8 Å². The third-order valence-corrected chi connectivity index (χ3v) is 5.74. The van der Waals surface area contributed by atoms with Crippen LogP contribution in [-0.4, -0.2) is 25.2 Å². The van der Waals surface area contributed by atoms with Gasteiger partial charge in [0, 0.05) is 24.7 Å². The van der Waals surface area contributed by atoms with Crippen molar-refractivity contribution in [3.8, 4) is 11.1 Å². The molecule has 0 unspecified atom stereocenters. The quantitative estimate of drug-likeness (QED) is 0.600. The highest BCUT2D eigenvalue weighted by molar-refractivity contribution is 6.26. The number of hydrogen-bond donors (Lipinski definition) is 2. The molecule has 0 saturated heterocycles. The van der Waals surface area contributed by atoms with Gasteiger partial charge in [0.1, 0.15) is 11.4 Å². The van der Waals surface area contributed by atoms with E-state index >= 15 is 0 Å². The van der Waals surface area contributed by atoms with E-state index in [2.05, 4.69) is 66.1 Å². The number of carbonyl (C=O) groups excluding carboxylic acids is 2. The average molecular weight is 411 g/mol. The fourth-order valence-corrected chi connectivity index (χ4v) is 3.91. The van der Waals surface area contributed by atoms with Gasteiger partial charge >= 0.3 is 0 Å². The first-order valence-electron chi connectivity index (χ1n) is 10.6. The number of nitrogens with one attached hydrogen (secondary N) is 2. The second-order valence-corrected chi connectivity index (χ2v) is 7.63. The standard InChI is InChI=1S/C27H26N2O2/c1-3-18-8-12-20(13-9-18)21-14-10-19(11-15-21)16-17-29-25-24(28-2)26(30)22-6-4-5-7-23(22)27(25)31/h4-15,28-29H,3,16-17H2,1-2H3. The number of Topliss-reactive ketones (excluding diaryl/α,β-unsaturated/α-hetero) is 2. The lowest BCUT2D eigenvalue weighted by atomic mass is 9.90. The van der Waals surface area contributed by atoms with E-state index in [9.17, 15) is 9.59 Å². The van der Waals surface area contributed by atoms with E-state index in [-0.39, 0.29) is 11.6 Å². The summed E-state index contributed by atoms with van der Waals surface area (Å²) in [6.07, 6.45) is 1.79. The molecule has 1 aliphatic carbocycles. The minimum absolute atomic E-state index is 0.148. The van der Waals surface area contributed by atoms with Gasteiger partial charge in [0.2, 0.25) is 11.6 Å². The third kappa shape index (κ3) is 4.15. The lowest BCUT2D eigenvalue weighted by molar-refractivity contribution is 0.0963. The van der Waals surface area contributed by atoms with E-state index in [0.29, 0.717) is 29.1 Å². The molecule has 3 aromatic rings. The van der Waals surface area contributed by atoms with Crippen LogP contribution >= 0.6 is 0 Å². The Labute approximate surface area is 183 Å². The van der Waals surface area contributed by atoms with E-state index in [0.717, 1.165) is 12.8 Å². The van der Waals surface area contributed by atoms with Crippen molar-refractivity contribution in [2.45, 2.75) is 19.8 Å². The number of benzene rings is 3. The van der Waals surface area contributed by atoms with Crippen LogP contribution in [-0.2, 0) is 12.8 Å². The first-order valence-corrected chi connectivity index (χ1v) is 10.6. The molecule has 3 aromatic carbocycles. The Morgan fingerprint density at radius 1 is 0.677 bits per heavy atom. The van der Waals surface area contributed by atoms with Crippen molar-refractivity contribution in [2.75, 3.05) is 13.6 Å². The molecule has 31 heavy (non-hydrogen) atoms. The summed E-state index contributed by atoms with van der Waals surface area (Å²) in [5.41, 5.74) is 6.47. The predicted molar refractivity (Wildman–Crippen MR) is 124 cm³/mol. The number of ketones is 2. The molecule has 4 rings (SSSR count). The zero-order valence-electron chi connectivity index (χ0n) is 17.9. The van der Waals surface area contributed by atoms with E-state index in [1.54, 1.807) is 31.3 Å². The van der Waals surface area contributed by atoms with Gasteiger partial charge in [0.25, 0.3) is 0 Å². The van der Waals surface area contributed by atoms with Gasteiger partial charge in [-0.2, -0.15) is 0 Å². The summed E-state index contributed by atoms with van der Waals surface area (Å²) in [6, 6.07) is 24.1. The molecule has 0 radical (unpaired) electrons. The van der Waals surface area contributed by atoms with Gasteiger partial charge in [-0.25, -0.2) is 0 Å². The van der Waals surface area contributed by atoms with E-state index in [4.69, 9.17) is 0 Å². The van der Waals surface area contributed by atoms with Crippen LogP contribution in [0.5, 0.6) is 0 Å². The van der Waals surface area contributed by atoms with Crippen molar-refractivity contribution >= 4 is 11.6 Å². The molecule has 0 aromatic heterocycles.